The Labute approximate surface area is 90.8 Å². The van der Waals surface area contributed by atoms with Crippen molar-refractivity contribution in [3.8, 4) is 0 Å². The Hall–Kier alpha value is -1.37. The van der Waals surface area contributed by atoms with Gasteiger partial charge in [0.15, 0.2) is 0 Å². The Balaban J connectivity index is 2.34. The van der Waals surface area contributed by atoms with Gasteiger partial charge in [-0.2, -0.15) is 0 Å². The average Bonchev–Trinajstić information content (AvgIpc) is 2.78. The van der Waals surface area contributed by atoms with Crippen molar-refractivity contribution < 1.29 is 4.79 Å². The Kier molecular flexibility index (Phi) is 3.00. The molecule has 0 spiro atoms. The fourth-order valence-corrected chi connectivity index (χ4v) is 2.55. The summed E-state index contributed by atoms with van der Waals surface area (Å²) in [5.74, 6) is 0. The number of hydrogen-bond donors (Lipinski definition) is 0. The standard InChI is InChI=1S/C14H16O/c15-12-6-11-14(9-4-5-10-14)13-7-2-1-3-8-13/h1-3,6-8,11-12H,4-5,9-10H2/b11-6+. The molecule has 1 fully saturated rings. The van der Waals surface area contributed by atoms with E-state index >= 15 is 0 Å². The molecule has 0 unspecified atom stereocenters. The van der Waals surface area contributed by atoms with Gasteiger partial charge in [0.1, 0.15) is 6.29 Å². The summed E-state index contributed by atoms with van der Waals surface area (Å²) >= 11 is 0. The normalized spacial score (nSPS) is 19.5. The largest absolute Gasteiger partial charge is 0.299 e. The maximum Gasteiger partial charge on any atom is 0.142 e. The number of allylic oxidation sites excluding steroid dienone is 2. The van der Waals surface area contributed by atoms with Crippen LogP contribution in [0.4, 0.5) is 0 Å². The molecule has 0 amide bonds. The molecule has 0 bridgehead atoms. The van der Waals surface area contributed by atoms with E-state index in [1.165, 1.54) is 31.2 Å². The molecule has 1 aromatic rings. The van der Waals surface area contributed by atoms with Crippen LogP contribution in [0.1, 0.15) is 31.2 Å². The summed E-state index contributed by atoms with van der Waals surface area (Å²) in [4.78, 5) is 10.4. The third-order valence-electron chi connectivity index (χ3n) is 3.34. The number of carbonyl (C=O) groups is 1. The van der Waals surface area contributed by atoms with E-state index in [2.05, 4.69) is 30.3 Å². The second-order valence-electron chi connectivity index (χ2n) is 4.22. The van der Waals surface area contributed by atoms with Gasteiger partial charge in [0.2, 0.25) is 0 Å². The Morgan fingerprint density at radius 1 is 1.07 bits per heavy atom. The van der Waals surface area contributed by atoms with Crippen LogP contribution in [0.2, 0.25) is 0 Å². The summed E-state index contributed by atoms with van der Waals surface area (Å²) in [5, 5.41) is 0. The van der Waals surface area contributed by atoms with E-state index in [1.54, 1.807) is 6.08 Å². The average molecular weight is 200 g/mol. The smallest absolute Gasteiger partial charge is 0.142 e. The van der Waals surface area contributed by atoms with Gasteiger partial charge in [0, 0.05) is 5.41 Å². The van der Waals surface area contributed by atoms with E-state index < -0.39 is 0 Å². The van der Waals surface area contributed by atoms with E-state index in [0.29, 0.717) is 0 Å². The summed E-state index contributed by atoms with van der Waals surface area (Å²) in [6.45, 7) is 0. The first-order chi connectivity index (χ1) is 7.37. The summed E-state index contributed by atoms with van der Waals surface area (Å²) in [6.07, 6.45) is 9.47. The second-order valence-corrected chi connectivity index (χ2v) is 4.22. The van der Waals surface area contributed by atoms with Crippen molar-refractivity contribution in [3.63, 3.8) is 0 Å². The molecule has 0 N–H and O–H groups in total. The first-order valence-electron chi connectivity index (χ1n) is 5.56. The molecule has 1 aliphatic carbocycles. The van der Waals surface area contributed by atoms with E-state index in [1.807, 2.05) is 6.07 Å². The van der Waals surface area contributed by atoms with Crippen LogP contribution in [0.3, 0.4) is 0 Å². The number of benzene rings is 1. The quantitative estimate of drug-likeness (QED) is 0.540. The van der Waals surface area contributed by atoms with Crippen LogP contribution < -0.4 is 0 Å². The summed E-state index contributed by atoms with van der Waals surface area (Å²) in [6, 6.07) is 10.5. The van der Waals surface area contributed by atoms with E-state index in [9.17, 15) is 4.79 Å². The number of rotatable bonds is 3. The molecule has 0 aliphatic heterocycles. The van der Waals surface area contributed by atoms with Gasteiger partial charge in [-0.3, -0.25) is 4.79 Å². The predicted molar refractivity (Wildman–Crippen MR) is 61.8 cm³/mol. The van der Waals surface area contributed by atoms with Crippen molar-refractivity contribution in [1.29, 1.82) is 0 Å². The molecular weight excluding hydrogens is 184 g/mol. The Morgan fingerprint density at radius 3 is 2.33 bits per heavy atom. The molecular formula is C14H16O. The lowest BCUT2D eigenvalue weighted by Crippen LogP contribution is -2.18. The summed E-state index contributed by atoms with van der Waals surface area (Å²) in [5.41, 5.74) is 1.47. The highest BCUT2D eigenvalue weighted by Gasteiger charge is 2.32. The molecule has 0 atom stereocenters. The molecule has 2 rings (SSSR count). The van der Waals surface area contributed by atoms with E-state index in [0.717, 1.165) is 6.29 Å². The number of aldehydes is 1. The first-order valence-corrected chi connectivity index (χ1v) is 5.56. The highest BCUT2D eigenvalue weighted by molar-refractivity contribution is 5.65. The molecule has 1 heteroatoms. The lowest BCUT2D eigenvalue weighted by Gasteiger charge is -2.25. The van der Waals surface area contributed by atoms with Crippen LogP contribution in [-0.2, 0) is 10.2 Å². The maximum atomic E-state index is 10.4. The highest BCUT2D eigenvalue weighted by Crippen LogP contribution is 2.42. The number of carbonyl (C=O) groups excluding carboxylic acids is 1. The molecule has 0 radical (unpaired) electrons. The maximum absolute atomic E-state index is 10.4. The minimum atomic E-state index is 0.127. The van der Waals surface area contributed by atoms with Gasteiger partial charge in [0.05, 0.1) is 0 Å². The van der Waals surface area contributed by atoms with Crippen molar-refractivity contribution in [3.05, 3.63) is 48.0 Å². The molecule has 1 nitrogen and oxygen atoms in total. The Morgan fingerprint density at radius 2 is 1.73 bits per heavy atom. The SMILES string of the molecule is O=C/C=C/C1(c2ccccc2)CCCC1. The first kappa shape index (κ1) is 10.2. The van der Waals surface area contributed by atoms with Crippen LogP contribution in [0.25, 0.3) is 0 Å². The van der Waals surface area contributed by atoms with Crippen LogP contribution in [0.15, 0.2) is 42.5 Å². The van der Waals surface area contributed by atoms with Crippen molar-refractivity contribution in [2.75, 3.05) is 0 Å². The Bertz CT molecular complexity index is 345. The molecule has 1 aliphatic rings. The van der Waals surface area contributed by atoms with Gasteiger partial charge in [-0.25, -0.2) is 0 Å². The predicted octanol–water partition coefficient (Wildman–Crippen LogP) is 3.25. The number of hydrogen-bond acceptors (Lipinski definition) is 1. The second kappa shape index (κ2) is 4.43. The van der Waals surface area contributed by atoms with E-state index in [4.69, 9.17) is 0 Å². The van der Waals surface area contributed by atoms with Crippen molar-refractivity contribution in [2.45, 2.75) is 31.1 Å². The van der Waals surface area contributed by atoms with E-state index in [-0.39, 0.29) is 5.41 Å². The molecule has 0 aromatic heterocycles. The van der Waals surface area contributed by atoms with Crippen LogP contribution in [-0.4, -0.2) is 6.29 Å². The monoisotopic (exact) mass is 200 g/mol. The molecule has 0 heterocycles. The minimum absolute atomic E-state index is 0.127. The van der Waals surface area contributed by atoms with Gasteiger partial charge < -0.3 is 0 Å². The van der Waals surface area contributed by atoms with Gasteiger partial charge in [-0.1, -0.05) is 49.2 Å². The third-order valence-corrected chi connectivity index (χ3v) is 3.34. The summed E-state index contributed by atoms with van der Waals surface area (Å²) < 4.78 is 0. The molecule has 1 aromatic carbocycles. The van der Waals surface area contributed by atoms with Crippen LogP contribution >= 0.6 is 0 Å². The highest BCUT2D eigenvalue weighted by atomic mass is 16.1. The zero-order valence-corrected chi connectivity index (χ0v) is 8.86. The zero-order valence-electron chi connectivity index (χ0n) is 8.86. The van der Waals surface area contributed by atoms with Gasteiger partial charge in [-0.05, 0) is 24.5 Å². The van der Waals surface area contributed by atoms with Crippen molar-refractivity contribution in [1.82, 2.24) is 0 Å². The fraction of sp³-hybridized carbons (Fsp3) is 0.357. The van der Waals surface area contributed by atoms with Gasteiger partial charge in [0.25, 0.3) is 0 Å². The van der Waals surface area contributed by atoms with Crippen LogP contribution in [0, 0.1) is 0 Å². The minimum Gasteiger partial charge on any atom is -0.299 e. The third kappa shape index (κ3) is 2.01. The van der Waals surface area contributed by atoms with Gasteiger partial charge in [-0.15, -0.1) is 0 Å². The van der Waals surface area contributed by atoms with Crippen molar-refractivity contribution in [2.24, 2.45) is 0 Å². The molecule has 78 valence electrons. The molecule has 1 saturated carbocycles. The molecule has 0 saturated heterocycles. The van der Waals surface area contributed by atoms with Gasteiger partial charge >= 0.3 is 0 Å². The lowest BCUT2D eigenvalue weighted by molar-refractivity contribution is -0.104. The summed E-state index contributed by atoms with van der Waals surface area (Å²) in [7, 11) is 0. The molecule has 15 heavy (non-hydrogen) atoms. The topological polar surface area (TPSA) is 17.1 Å². The lowest BCUT2D eigenvalue weighted by atomic mass is 9.79. The fourth-order valence-electron chi connectivity index (χ4n) is 2.55. The zero-order chi connectivity index (χ0) is 10.6. The van der Waals surface area contributed by atoms with Crippen molar-refractivity contribution >= 4 is 6.29 Å². The van der Waals surface area contributed by atoms with Crippen LogP contribution in [0.5, 0.6) is 0 Å².